The summed E-state index contributed by atoms with van der Waals surface area (Å²) in [6.45, 7) is 5.91. The fraction of sp³-hybridized carbons (Fsp3) is 0.500. The van der Waals surface area contributed by atoms with Crippen LogP contribution in [0.25, 0.3) is 0 Å². The van der Waals surface area contributed by atoms with Gasteiger partial charge in [0.05, 0.1) is 20.4 Å². The molecule has 122 valence electrons. The van der Waals surface area contributed by atoms with Crippen molar-refractivity contribution in [2.45, 2.75) is 26.8 Å². The van der Waals surface area contributed by atoms with Gasteiger partial charge in [0.15, 0.2) is 18.1 Å². The van der Waals surface area contributed by atoms with Crippen LogP contribution in [0.5, 0.6) is 11.5 Å². The lowest BCUT2D eigenvalue weighted by Gasteiger charge is -2.16. The Morgan fingerprint density at radius 3 is 2.59 bits per heavy atom. The molecule has 1 N–H and O–H groups in total. The van der Waals surface area contributed by atoms with Gasteiger partial charge in [-0.1, -0.05) is 25.1 Å². The first-order valence-corrected chi connectivity index (χ1v) is 7.15. The average molecular weight is 308 g/mol. The first-order valence-electron chi connectivity index (χ1n) is 7.15. The highest BCUT2D eigenvalue weighted by Crippen LogP contribution is 2.29. The van der Waals surface area contributed by atoms with Crippen LogP contribution in [-0.2, 0) is 9.63 Å². The minimum atomic E-state index is -0.198. The molecule has 6 heteroatoms. The smallest absolute Gasteiger partial charge is 0.260 e. The predicted molar refractivity (Wildman–Crippen MR) is 85.5 cm³/mol. The summed E-state index contributed by atoms with van der Waals surface area (Å²) in [5, 5.41) is 6.63. The van der Waals surface area contributed by atoms with E-state index in [0.717, 1.165) is 0 Å². The third-order valence-electron chi connectivity index (χ3n) is 3.28. The fourth-order valence-corrected chi connectivity index (χ4v) is 1.67. The highest BCUT2D eigenvalue weighted by molar-refractivity contribution is 5.84. The minimum Gasteiger partial charge on any atom is -0.493 e. The molecule has 0 spiro atoms. The minimum absolute atomic E-state index is 0.0959. The topological polar surface area (TPSA) is 69.2 Å². The maximum absolute atomic E-state index is 11.6. The van der Waals surface area contributed by atoms with E-state index < -0.39 is 0 Å². The van der Waals surface area contributed by atoms with E-state index in [0.29, 0.717) is 23.0 Å². The number of ether oxygens (including phenoxy) is 2. The van der Waals surface area contributed by atoms with Crippen molar-refractivity contribution >= 4 is 12.1 Å². The summed E-state index contributed by atoms with van der Waals surface area (Å²) in [7, 11) is 3.12. The summed E-state index contributed by atoms with van der Waals surface area (Å²) >= 11 is 0. The van der Waals surface area contributed by atoms with Crippen LogP contribution in [0, 0.1) is 5.92 Å². The highest BCUT2D eigenvalue weighted by Gasteiger charge is 2.11. The zero-order valence-electron chi connectivity index (χ0n) is 13.8. The van der Waals surface area contributed by atoms with Crippen LogP contribution in [0.1, 0.15) is 26.3 Å². The molecule has 0 bridgehead atoms. The summed E-state index contributed by atoms with van der Waals surface area (Å²) in [4.78, 5) is 16.7. The Kier molecular flexibility index (Phi) is 7.22. The number of amides is 1. The maximum atomic E-state index is 11.6. The molecule has 0 fully saturated rings. The van der Waals surface area contributed by atoms with Crippen molar-refractivity contribution < 1.29 is 19.1 Å². The van der Waals surface area contributed by atoms with Gasteiger partial charge < -0.3 is 19.6 Å². The quantitative estimate of drug-likeness (QED) is 0.590. The Bertz CT molecular complexity index is 515. The van der Waals surface area contributed by atoms with Crippen molar-refractivity contribution in [2.75, 3.05) is 20.8 Å². The number of hydrogen-bond acceptors (Lipinski definition) is 5. The number of nitrogens with one attached hydrogen (secondary N) is 1. The summed E-state index contributed by atoms with van der Waals surface area (Å²) in [5.74, 6) is 1.34. The van der Waals surface area contributed by atoms with E-state index >= 15 is 0 Å². The molecule has 0 aliphatic carbocycles. The third kappa shape index (κ3) is 5.27. The number of hydrogen-bond donors (Lipinski definition) is 1. The van der Waals surface area contributed by atoms with Crippen LogP contribution in [0.15, 0.2) is 23.4 Å². The first-order chi connectivity index (χ1) is 10.5. The summed E-state index contributed by atoms with van der Waals surface area (Å²) in [5.41, 5.74) is 0.706. The molecule has 0 radical (unpaired) electrons. The standard InChI is InChI=1S/C16H24N2O4/c1-11(2)12(3)18-15(19)10-22-17-9-13-7-6-8-14(20-4)16(13)21-5/h6-9,11-12H,10H2,1-5H3,(H,18,19)/b17-9-/t12-/m0/s1. The van der Waals surface area contributed by atoms with E-state index in [9.17, 15) is 4.79 Å². The van der Waals surface area contributed by atoms with E-state index in [1.54, 1.807) is 20.3 Å². The highest BCUT2D eigenvalue weighted by atomic mass is 16.6. The van der Waals surface area contributed by atoms with Crippen molar-refractivity contribution in [3.63, 3.8) is 0 Å². The van der Waals surface area contributed by atoms with Crippen LogP contribution in [-0.4, -0.2) is 39.0 Å². The molecule has 1 aromatic rings. The van der Waals surface area contributed by atoms with Gasteiger partial charge in [0.25, 0.3) is 5.91 Å². The Balaban J connectivity index is 2.55. The first kappa shape index (κ1) is 17.8. The Morgan fingerprint density at radius 2 is 2.00 bits per heavy atom. The lowest BCUT2D eigenvalue weighted by molar-refractivity contribution is -0.126. The number of benzene rings is 1. The van der Waals surface area contributed by atoms with Crippen LogP contribution < -0.4 is 14.8 Å². The van der Waals surface area contributed by atoms with Crippen molar-refractivity contribution in [1.29, 1.82) is 0 Å². The number of carbonyl (C=O) groups excluding carboxylic acids is 1. The van der Waals surface area contributed by atoms with E-state index in [1.807, 2.05) is 32.9 Å². The predicted octanol–water partition coefficient (Wildman–Crippen LogP) is 2.21. The van der Waals surface area contributed by atoms with Gasteiger partial charge in [-0.3, -0.25) is 4.79 Å². The summed E-state index contributed by atoms with van der Waals surface area (Å²) < 4.78 is 10.5. The van der Waals surface area contributed by atoms with Crippen molar-refractivity contribution in [2.24, 2.45) is 11.1 Å². The Morgan fingerprint density at radius 1 is 1.27 bits per heavy atom. The third-order valence-corrected chi connectivity index (χ3v) is 3.28. The zero-order chi connectivity index (χ0) is 16.5. The van der Waals surface area contributed by atoms with Crippen molar-refractivity contribution in [1.82, 2.24) is 5.32 Å². The molecule has 1 rings (SSSR count). The number of rotatable bonds is 8. The van der Waals surface area contributed by atoms with Crippen LogP contribution in [0.2, 0.25) is 0 Å². The molecule has 1 atom stereocenters. The van der Waals surface area contributed by atoms with Crippen molar-refractivity contribution in [3.8, 4) is 11.5 Å². The van der Waals surface area contributed by atoms with Crippen LogP contribution >= 0.6 is 0 Å². The van der Waals surface area contributed by atoms with Gasteiger partial charge in [-0.2, -0.15) is 0 Å². The molecular weight excluding hydrogens is 284 g/mol. The molecule has 0 aliphatic heterocycles. The van der Waals surface area contributed by atoms with Gasteiger partial charge in [-0.15, -0.1) is 0 Å². The number of para-hydroxylation sites is 1. The average Bonchev–Trinajstić information content (AvgIpc) is 2.50. The normalized spacial score (nSPS) is 12.3. The monoisotopic (exact) mass is 308 g/mol. The molecular formula is C16H24N2O4. The molecule has 0 aromatic heterocycles. The van der Waals surface area contributed by atoms with E-state index in [-0.39, 0.29) is 18.6 Å². The zero-order valence-corrected chi connectivity index (χ0v) is 13.8. The molecule has 0 saturated carbocycles. The van der Waals surface area contributed by atoms with Crippen LogP contribution in [0.3, 0.4) is 0 Å². The molecule has 0 saturated heterocycles. The number of methoxy groups -OCH3 is 2. The molecule has 0 unspecified atom stereocenters. The second-order valence-electron chi connectivity index (χ2n) is 5.19. The van der Waals surface area contributed by atoms with E-state index in [1.165, 1.54) is 6.21 Å². The van der Waals surface area contributed by atoms with Gasteiger partial charge in [0, 0.05) is 11.6 Å². The van der Waals surface area contributed by atoms with Gasteiger partial charge in [0.2, 0.25) is 0 Å². The SMILES string of the molecule is COc1cccc(/C=N\OCC(=O)N[C@@H](C)C(C)C)c1OC. The molecule has 1 aromatic carbocycles. The van der Waals surface area contributed by atoms with E-state index in [2.05, 4.69) is 10.5 Å². The largest absolute Gasteiger partial charge is 0.493 e. The molecule has 22 heavy (non-hydrogen) atoms. The second-order valence-corrected chi connectivity index (χ2v) is 5.19. The number of nitrogens with zero attached hydrogens (tertiary/aromatic N) is 1. The second kappa shape index (κ2) is 8.92. The van der Waals surface area contributed by atoms with Gasteiger partial charge in [-0.05, 0) is 25.0 Å². The van der Waals surface area contributed by atoms with Gasteiger partial charge in [0.1, 0.15) is 0 Å². The summed E-state index contributed by atoms with van der Waals surface area (Å²) in [6.07, 6.45) is 1.49. The van der Waals surface area contributed by atoms with E-state index in [4.69, 9.17) is 14.3 Å². The maximum Gasteiger partial charge on any atom is 0.260 e. The molecule has 6 nitrogen and oxygen atoms in total. The fourth-order valence-electron chi connectivity index (χ4n) is 1.67. The Hall–Kier alpha value is -2.24. The van der Waals surface area contributed by atoms with Crippen molar-refractivity contribution in [3.05, 3.63) is 23.8 Å². The molecule has 1 amide bonds. The lowest BCUT2D eigenvalue weighted by Crippen LogP contribution is -2.38. The van der Waals surface area contributed by atoms with Gasteiger partial charge >= 0.3 is 0 Å². The molecule has 0 aliphatic rings. The molecule has 0 heterocycles. The number of carbonyl (C=O) groups is 1. The number of oxime groups is 1. The van der Waals surface area contributed by atoms with Crippen LogP contribution in [0.4, 0.5) is 0 Å². The summed E-state index contributed by atoms with van der Waals surface area (Å²) in [6, 6.07) is 5.52. The Labute approximate surface area is 131 Å². The van der Waals surface area contributed by atoms with Gasteiger partial charge in [-0.25, -0.2) is 0 Å². The lowest BCUT2D eigenvalue weighted by atomic mass is 10.1.